The van der Waals surface area contributed by atoms with Gasteiger partial charge in [-0.05, 0) is 124 Å². The fraction of sp³-hybridized carbons (Fsp3) is 0.569. The summed E-state index contributed by atoms with van der Waals surface area (Å²) in [5.41, 5.74) is 10.5. The van der Waals surface area contributed by atoms with Crippen LogP contribution < -0.4 is 0 Å². The van der Waals surface area contributed by atoms with E-state index in [9.17, 15) is 0 Å². The summed E-state index contributed by atoms with van der Waals surface area (Å²) in [5.74, 6) is 1.90. The van der Waals surface area contributed by atoms with Gasteiger partial charge in [0.25, 0.3) is 0 Å². The predicted molar refractivity (Wildman–Crippen MR) is 238 cm³/mol. The monoisotopic (exact) mass is 761 g/mol. The van der Waals surface area contributed by atoms with Crippen molar-refractivity contribution in [2.45, 2.75) is 159 Å². The van der Waals surface area contributed by atoms with Crippen molar-refractivity contribution in [3.63, 3.8) is 0 Å². The molecule has 0 bridgehead atoms. The van der Waals surface area contributed by atoms with Crippen LogP contribution in [0.3, 0.4) is 0 Å². The highest BCUT2D eigenvalue weighted by Crippen LogP contribution is 2.69. The molecule has 292 valence electrons. The minimum atomic E-state index is 0.145. The third-order valence-electron chi connectivity index (χ3n) is 17.0. The Morgan fingerprint density at radius 3 is 2.27 bits per heavy atom. The molecule has 0 aromatic rings. The molecule has 0 amide bonds. The van der Waals surface area contributed by atoms with E-state index in [1.807, 2.05) is 5.47 Å². The van der Waals surface area contributed by atoms with E-state index < -0.39 is 0 Å². The van der Waals surface area contributed by atoms with Crippen molar-refractivity contribution in [1.82, 2.24) is 14.7 Å². The van der Waals surface area contributed by atoms with Gasteiger partial charge in [-0.25, -0.2) is 0 Å². The van der Waals surface area contributed by atoms with Crippen molar-refractivity contribution in [1.29, 1.82) is 0 Å². The number of hydrogen-bond acceptors (Lipinski definition) is 4. The summed E-state index contributed by atoms with van der Waals surface area (Å²) in [4.78, 5) is 10.7. The predicted octanol–water partition coefficient (Wildman–Crippen LogP) is 12.2. The summed E-state index contributed by atoms with van der Waals surface area (Å²) in [7, 11) is 0. The highest BCUT2D eigenvalue weighted by molar-refractivity contribution is 8.05. The zero-order chi connectivity index (χ0) is 38.0. The van der Waals surface area contributed by atoms with Crippen LogP contribution in [-0.4, -0.2) is 56.3 Å². The van der Waals surface area contributed by atoms with Crippen molar-refractivity contribution < 1.29 is 0 Å². The van der Waals surface area contributed by atoms with Gasteiger partial charge < -0.3 is 9.80 Å². The van der Waals surface area contributed by atoms with Crippen LogP contribution in [0.4, 0.5) is 0 Å². The van der Waals surface area contributed by atoms with E-state index in [4.69, 9.17) is 0 Å². The maximum atomic E-state index is 3.25. The lowest BCUT2D eigenvalue weighted by Crippen LogP contribution is -2.69. The lowest BCUT2D eigenvalue weighted by Gasteiger charge is -2.61. The molecule has 1 saturated carbocycles. The van der Waals surface area contributed by atoms with Crippen LogP contribution in [0.25, 0.3) is 0 Å². The van der Waals surface area contributed by atoms with Crippen LogP contribution in [0.5, 0.6) is 0 Å². The molecule has 2 saturated heterocycles. The molecule has 11 aliphatic rings. The summed E-state index contributed by atoms with van der Waals surface area (Å²) in [6.07, 6.45) is 53.6. The van der Waals surface area contributed by atoms with Gasteiger partial charge in [0.1, 0.15) is 0 Å². The normalized spacial score (nSPS) is 37.3. The third kappa shape index (κ3) is 5.20. The summed E-state index contributed by atoms with van der Waals surface area (Å²) in [5, 5.41) is 0.550. The first-order valence-electron chi connectivity index (χ1n) is 22.8. The van der Waals surface area contributed by atoms with Crippen molar-refractivity contribution in [3.8, 4) is 0 Å². The molecule has 1 spiro atoms. The van der Waals surface area contributed by atoms with Crippen LogP contribution in [0.1, 0.15) is 118 Å². The zero-order valence-corrected chi connectivity index (χ0v) is 35.6. The molecule has 56 heavy (non-hydrogen) atoms. The molecule has 5 heteroatoms. The fourth-order valence-corrected chi connectivity index (χ4v) is 16.2. The second kappa shape index (κ2) is 13.3. The van der Waals surface area contributed by atoms with Gasteiger partial charge in [0.05, 0.1) is 12.1 Å². The van der Waals surface area contributed by atoms with Crippen molar-refractivity contribution in [3.05, 3.63) is 130 Å². The van der Waals surface area contributed by atoms with Crippen LogP contribution >= 0.6 is 11.8 Å². The number of hydrogen-bond donors (Lipinski definition) is 0. The van der Waals surface area contributed by atoms with E-state index >= 15 is 0 Å². The smallest absolute Gasteiger partial charge is 0.201 e. The van der Waals surface area contributed by atoms with Gasteiger partial charge in [-0.2, -0.15) is 0 Å². The average molecular weight is 762 g/mol. The Kier molecular flexibility index (Phi) is 8.61. The molecule has 0 N–H and O–H groups in total. The van der Waals surface area contributed by atoms with E-state index in [2.05, 4.69) is 152 Å². The van der Waals surface area contributed by atoms with Crippen LogP contribution in [-0.2, 0) is 0 Å². The lowest BCUT2D eigenvalue weighted by atomic mass is 9.26. The van der Waals surface area contributed by atoms with Gasteiger partial charge in [0.2, 0.25) is 6.71 Å². The van der Waals surface area contributed by atoms with Gasteiger partial charge in [0, 0.05) is 56.9 Å². The molecule has 11 rings (SSSR count). The van der Waals surface area contributed by atoms with Crippen molar-refractivity contribution >= 4 is 18.5 Å². The minimum absolute atomic E-state index is 0.145. The lowest BCUT2D eigenvalue weighted by molar-refractivity contribution is -0.00158. The average Bonchev–Trinajstić information content (AvgIpc) is 3.68. The van der Waals surface area contributed by atoms with Gasteiger partial charge in [-0.3, -0.25) is 4.90 Å². The second-order valence-corrected chi connectivity index (χ2v) is 22.0. The van der Waals surface area contributed by atoms with E-state index in [-0.39, 0.29) is 11.0 Å². The first kappa shape index (κ1) is 36.2. The minimum Gasteiger partial charge on any atom is -0.358 e. The van der Waals surface area contributed by atoms with E-state index in [0.29, 0.717) is 53.2 Å². The first-order valence-corrected chi connectivity index (χ1v) is 23.7. The Labute approximate surface area is 343 Å². The quantitative estimate of drug-likeness (QED) is 0.208. The molecule has 7 aliphatic carbocycles. The van der Waals surface area contributed by atoms with Crippen LogP contribution in [0.2, 0.25) is 5.82 Å². The summed E-state index contributed by atoms with van der Waals surface area (Å²) >= 11 is 2.30. The Morgan fingerprint density at radius 2 is 1.59 bits per heavy atom. The molecule has 4 heterocycles. The Hall–Kier alpha value is -2.89. The highest BCUT2D eigenvalue weighted by atomic mass is 32.2. The van der Waals surface area contributed by atoms with E-state index in [1.54, 1.807) is 21.9 Å². The molecular weight excluding hydrogens is 697 g/mol. The largest absolute Gasteiger partial charge is 0.358 e. The molecular formula is C51H64BN3S. The molecule has 0 aromatic heterocycles. The second-order valence-electron chi connectivity index (χ2n) is 20.8. The van der Waals surface area contributed by atoms with Gasteiger partial charge >= 0.3 is 0 Å². The number of fused-ring (bicyclic) bond motifs is 6. The Bertz CT molecular complexity index is 1980. The Balaban J connectivity index is 1.15. The molecule has 0 radical (unpaired) electrons. The maximum Gasteiger partial charge on any atom is 0.201 e. The number of allylic oxidation sites excluding steroid dienone is 14. The maximum absolute atomic E-state index is 3.25. The van der Waals surface area contributed by atoms with Gasteiger partial charge in [-0.1, -0.05) is 118 Å². The van der Waals surface area contributed by atoms with Crippen molar-refractivity contribution in [2.24, 2.45) is 22.7 Å². The summed E-state index contributed by atoms with van der Waals surface area (Å²) < 4.78 is 0. The standard InChI is InChI=1S/C51H64BN3S/c1-49(2,3)34-27-28-44-39(31-34)46-48(56-44)52-41-26-18-25-40-47(41)55(50(4,5)51(40)29-16-9-17-30-51)43-33-38(32-42(45(43)52)54(46)37-23-14-8-15-24-37)53(35-19-10-6-11-20-35)36-21-12-7-13-22-36/h6-8,10,12,14-15,18-19,21,23,26-28,32,34,37,40-41,43,46-48H,9,11,13,16-17,20,22,24-25,29-31,33H2,1-5H3. The first-order chi connectivity index (χ1) is 27.2. The molecule has 3 nitrogen and oxygen atoms in total. The van der Waals surface area contributed by atoms with Crippen LogP contribution in [0, 0.1) is 22.7 Å². The molecule has 8 atom stereocenters. The number of rotatable bonds is 4. The fourth-order valence-electron chi connectivity index (χ4n) is 14.5. The van der Waals surface area contributed by atoms with Gasteiger partial charge in [0.15, 0.2) is 0 Å². The molecule has 4 aliphatic heterocycles. The van der Waals surface area contributed by atoms with Gasteiger partial charge in [-0.15, -0.1) is 11.8 Å². The molecule has 0 aromatic carbocycles. The third-order valence-corrected chi connectivity index (χ3v) is 18.5. The van der Waals surface area contributed by atoms with Crippen molar-refractivity contribution in [2.75, 3.05) is 0 Å². The Morgan fingerprint density at radius 1 is 0.821 bits per heavy atom. The highest BCUT2D eigenvalue weighted by Gasteiger charge is 2.71. The summed E-state index contributed by atoms with van der Waals surface area (Å²) in [6.45, 7) is 13.4. The zero-order valence-electron chi connectivity index (χ0n) is 34.8. The number of thioether (sulfide) groups is 1. The molecule has 3 fully saturated rings. The van der Waals surface area contributed by atoms with E-state index in [1.165, 1.54) is 56.3 Å². The summed E-state index contributed by atoms with van der Waals surface area (Å²) in [6, 6.07) is 1.83. The van der Waals surface area contributed by atoms with E-state index in [0.717, 1.165) is 44.4 Å². The topological polar surface area (TPSA) is 9.72 Å². The molecule has 8 unspecified atom stereocenters. The van der Waals surface area contributed by atoms with Crippen LogP contribution in [0.15, 0.2) is 130 Å². The number of nitrogens with zero attached hydrogens (tertiary/aromatic N) is 3. The SMILES string of the molecule is CC(C)(C)C1C=CC2=C(C1)C1C(S2)B2C3=C(C=C(N(C4=CC=CCC4)C4=CC=CCC4)CC3N3C4C2C=CCC4C2(CCCCC2)C3(C)C)N1C1C=CC=CC1.